The molecule has 4 fully saturated rings. The Morgan fingerprint density at radius 3 is 2.44 bits per heavy atom. The van der Waals surface area contributed by atoms with Gasteiger partial charge in [0.1, 0.15) is 5.67 Å². The Labute approximate surface area is 354 Å². The highest BCUT2D eigenvalue weighted by atomic mass is 19.3. The van der Waals surface area contributed by atoms with E-state index in [1.807, 2.05) is 18.0 Å². The fourth-order valence-electron chi connectivity index (χ4n) is 9.88. The maximum absolute atomic E-state index is 16.4. The van der Waals surface area contributed by atoms with E-state index >= 15 is 17.6 Å². The lowest BCUT2D eigenvalue weighted by Crippen LogP contribution is -2.50. The van der Waals surface area contributed by atoms with Gasteiger partial charge in [-0.2, -0.15) is 10.1 Å². The zero-order valence-electron chi connectivity index (χ0n) is 34.5. The number of pyridine rings is 1. The molecule has 7 heterocycles. The molecule has 0 bridgehead atoms. The van der Waals surface area contributed by atoms with Crippen molar-refractivity contribution >= 4 is 56.8 Å². The van der Waals surface area contributed by atoms with Crippen LogP contribution in [0.5, 0.6) is 5.75 Å². The Morgan fingerprint density at radius 2 is 1.69 bits per heavy atom. The van der Waals surface area contributed by atoms with Crippen LogP contribution in [0.2, 0.25) is 0 Å². The number of fused-ring (bicyclic) bond motifs is 4. The second-order valence-corrected chi connectivity index (χ2v) is 17.8. The van der Waals surface area contributed by atoms with Gasteiger partial charge in [0.15, 0.2) is 18.2 Å². The quantitative estimate of drug-likeness (QED) is 0.124. The Morgan fingerprint density at radius 1 is 0.919 bits per heavy atom. The topological polar surface area (TPSA) is 152 Å². The molecule has 14 nitrogen and oxygen atoms in total. The fraction of sp³-hybridized carbons (Fsp3) is 0.500. The molecule has 2 unspecified atom stereocenters. The number of piperidine rings is 3. The first-order chi connectivity index (χ1) is 29.7. The third kappa shape index (κ3) is 7.38. The number of hydrogen-bond donors (Lipinski definition) is 3. The molecule has 0 spiro atoms. The van der Waals surface area contributed by atoms with Crippen molar-refractivity contribution < 1.29 is 31.9 Å². The van der Waals surface area contributed by atoms with Crippen molar-refractivity contribution in [1.29, 1.82) is 0 Å². The molecule has 5 aromatic rings. The molecule has 3 N–H and O–H groups in total. The van der Waals surface area contributed by atoms with E-state index in [1.54, 1.807) is 29.9 Å². The molecular formula is C44H48F4N10O4. The van der Waals surface area contributed by atoms with E-state index < -0.39 is 41.5 Å². The molecular weight excluding hydrogens is 809 g/mol. The first-order valence-electron chi connectivity index (χ1n) is 21.4. The van der Waals surface area contributed by atoms with Crippen LogP contribution in [0.4, 0.5) is 40.7 Å². The maximum Gasteiger partial charge on any atom is 0.301 e. The highest BCUT2D eigenvalue weighted by Crippen LogP contribution is 2.46. The minimum Gasteiger partial charge on any atom is -0.480 e. The Hall–Kier alpha value is -5.78. The zero-order chi connectivity index (χ0) is 43.1. The van der Waals surface area contributed by atoms with E-state index in [0.717, 1.165) is 43.0 Å². The van der Waals surface area contributed by atoms with E-state index in [2.05, 4.69) is 48.0 Å². The van der Waals surface area contributed by atoms with Gasteiger partial charge in [-0.15, -0.1) is 0 Å². The van der Waals surface area contributed by atoms with Gasteiger partial charge in [0, 0.05) is 69.5 Å². The molecule has 2 atom stereocenters. The summed E-state index contributed by atoms with van der Waals surface area (Å²) in [6.45, 7) is 1.61. The van der Waals surface area contributed by atoms with Crippen LogP contribution in [0.25, 0.3) is 21.8 Å². The van der Waals surface area contributed by atoms with Gasteiger partial charge in [0.05, 0.1) is 40.6 Å². The molecule has 5 aliphatic rings. The number of nitrogens with zero attached hydrogens (tertiary/aromatic N) is 7. The Balaban J connectivity index is 0.777. The average molecular weight is 857 g/mol. The minimum atomic E-state index is -3.18. The molecule has 4 aliphatic heterocycles. The number of imide groups is 1. The third-order valence-corrected chi connectivity index (χ3v) is 13.6. The molecule has 62 heavy (non-hydrogen) atoms. The second kappa shape index (κ2) is 15.2. The fourth-order valence-corrected chi connectivity index (χ4v) is 9.88. The number of benzene rings is 2. The van der Waals surface area contributed by atoms with Crippen molar-refractivity contribution in [2.45, 2.75) is 80.8 Å². The van der Waals surface area contributed by atoms with Gasteiger partial charge < -0.3 is 29.7 Å². The molecule has 3 aromatic heterocycles. The summed E-state index contributed by atoms with van der Waals surface area (Å²) in [4.78, 5) is 50.3. The minimum absolute atomic E-state index is 0.103. The van der Waals surface area contributed by atoms with Gasteiger partial charge in [-0.3, -0.25) is 24.4 Å². The van der Waals surface area contributed by atoms with Crippen molar-refractivity contribution in [3.05, 3.63) is 70.0 Å². The number of hydrogen-bond acceptors (Lipinski definition) is 11. The number of alkyl halides is 3. The number of aryl methyl sites for hydroxylation is 2. The van der Waals surface area contributed by atoms with Crippen LogP contribution in [0.15, 0.2) is 47.4 Å². The van der Waals surface area contributed by atoms with Crippen molar-refractivity contribution in [3.63, 3.8) is 0 Å². The number of likely N-dealkylation sites (tertiary alicyclic amines) is 1. The van der Waals surface area contributed by atoms with E-state index in [0.29, 0.717) is 73.5 Å². The van der Waals surface area contributed by atoms with Crippen LogP contribution < -0.4 is 31.1 Å². The molecule has 326 valence electrons. The van der Waals surface area contributed by atoms with Crippen LogP contribution in [-0.4, -0.2) is 98.0 Å². The summed E-state index contributed by atoms with van der Waals surface area (Å²) < 4.78 is 70.6. The number of rotatable bonds is 8. The Kier molecular flexibility index (Phi) is 9.90. The summed E-state index contributed by atoms with van der Waals surface area (Å²) >= 11 is 0. The number of nitrogens with one attached hydrogen (secondary N) is 3. The Bertz CT molecular complexity index is 2670. The van der Waals surface area contributed by atoms with Crippen LogP contribution in [0.3, 0.4) is 0 Å². The highest BCUT2D eigenvalue weighted by Gasteiger charge is 2.51. The zero-order valence-corrected chi connectivity index (χ0v) is 34.5. The standard InChI is InChI=1S/C44H48F4N10O4/c1-55-32-9-6-27(20-30(32)36-37(41(55)61)62-23-44(47,48)38(52-36)25-3-4-25)50-39-31(45)21-49-42(53-39)58-17-13-43(46,14-18-58)22-57-15-11-24(12-16-57)26-5-7-28-33(19-26)56(2)54-35(28)29-8-10-34(59)51-40(29)60/h5-7,9,19-21,24-25,29,38,52H,3-4,8,10-18,22-23H2,1-2H3,(H,49,50,53)(H,51,59,60). The maximum atomic E-state index is 16.4. The van der Waals surface area contributed by atoms with Crippen molar-refractivity contribution in [2.24, 2.45) is 20.0 Å². The van der Waals surface area contributed by atoms with Gasteiger partial charge >= 0.3 is 5.92 Å². The number of aromatic nitrogens is 5. The number of carbonyl (C=O) groups excluding carboxylic acids is 2. The van der Waals surface area contributed by atoms with Gasteiger partial charge in [-0.05, 0) is 86.9 Å². The monoisotopic (exact) mass is 856 g/mol. The largest absolute Gasteiger partial charge is 0.480 e. The first-order valence-corrected chi connectivity index (χ1v) is 21.4. The van der Waals surface area contributed by atoms with Crippen molar-refractivity contribution in [1.82, 2.24) is 34.5 Å². The van der Waals surface area contributed by atoms with E-state index in [9.17, 15) is 14.4 Å². The number of carbonyl (C=O) groups is 2. The van der Waals surface area contributed by atoms with Gasteiger partial charge in [-0.25, -0.2) is 22.5 Å². The SMILES string of the molecule is Cn1nc(C2CCC(=O)NC2=O)c2ccc(C3CCN(CC4(F)CCN(c5ncc(F)c(Nc6ccc7c(c6)c6c(c(=O)n7C)OCC(F)(F)C(C7CC7)N6)n5)CC4)CC3)cc21. The van der Waals surface area contributed by atoms with E-state index in [1.165, 1.54) is 10.1 Å². The van der Waals surface area contributed by atoms with Gasteiger partial charge in [0.25, 0.3) is 5.56 Å². The van der Waals surface area contributed by atoms with Crippen molar-refractivity contribution in [3.8, 4) is 5.75 Å². The lowest BCUT2D eigenvalue weighted by atomic mass is 9.86. The summed E-state index contributed by atoms with van der Waals surface area (Å²) in [5.41, 5.74) is 1.95. The molecule has 2 amide bonds. The van der Waals surface area contributed by atoms with Gasteiger partial charge in [-0.1, -0.05) is 12.1 Å². The van der Waals surface area contributed by atoms with E-state index in [-0.39, 0.29) is 53.8 Å². The summed E-state index contributed by atoms with van der Waals surface area (Å²) in [5.74, 6) is -4.87. The molecule has 0 radical (unpaired) electrons. The van der Waals surface area contributed by atoms with Crippen LogP contribution in [0.1, 0.15) is 74.5 Å². The lowest BCUT2D eigenvalue weighted by Gasteiger charge is -2.41. The summed E-state index contributed by atoms with van der Waals surface area (Å²) in [7, 11) is 3.41. The van der Waals surface area contributed by atoms with Crippen LogP contribution in [-0.2, 0) is 23.7 Å². The van der Waals surface area contributed by atoms with Crippen LogP contribution in [0, 0.1) is 11.7 Å². The predicted octanol–water partition coefficient (Wildman–Crippen LogP) is 6.02. The highest BCUT2D eigenvalue weighted by molar-refractivity contribution is 6.02. The number of halogens is 4. The predicted molar refractivity (Wildman–Crippen MR) is 225 cm³/mol. The molecule has 18 heteroatoms. The molecule has 1 saturated carbocycles. The van der Waals surface area contributed by atoms with Crippen LogP contribution >= 0.6 is 0 Å². The molecule has 2 aromatic carbocycles. The third-order valence-electron chi connectivity index (χ3n) is 13.6. The number of amides is 2. The summed E-state index contributed by atoms with van der Waals surface area (Å²) in [5, 5.41) is 14.5. The van der Waals surface area contributed by atoms with Gasteiger partial charge in [0.2, 0.25) is 23.5 Å². The first kappa shape index (κ1) is 40.3. The number of anilines is 4. The average Bonchev–Trinajstić information content (AvgIpc) is 4.06. The molecule has 10 rings (SSSR count). The smallest absolute Gasteiger partial charge is 0.301 e. The molecule has 3 saturated heterocycles. The summed E-state index contributed by atoms with van der Waals surface area (Å²) in [6.07, 6.45) is 5.39. The van der Waals surface area contributed by atoms with E-state index in [4.69, 9.17) is 4.74 Å². The lowest BCUT2D eigenvalue weighted by molar-refractivity contribution is -0.134. The van der Waals surface area contributed by atoms with Crippen molar-refractivity contribution in [2.75, 3.05) is 54.9 Å². The normalized spacial score (nSPS) is 23.1. The second-order valence-electron chi connectivity index (χ2n) is 17.8. The molecule has 1 aliphatic carbocycles. The summed E-state index contributed by atoms with van der Waals surface area (Å²) in [6, 6.07) is 10.1. The number of ether oxygens (including phenoxy) is 1.